The Morgan fingerprint density at radius 3 is 2.29 bits per heavy atom. The van der Waals surface area contributed by atoms with E-state index in [1.807, 2.05) is 13.8 Å². The number of nitrogens with zero attached hydrogens (tertiary/aromatic N) is 1. The molecular formula is C12H25N3O2. The number of amides is 1. The Morgan fingerprint density at radius 2 is 1.88 bits per heavy atom. The average molecular weight is 243 g/mol. The van der Waals surface area contributed by atoms with E-state index in [9.17, 15) is 4.79 Å². The van der Waals surface area contributed by atoms with E-state index < -0.39 is 5.92 Å². The maximum absolute atomic E-state index is 12.0. The van der Waals surface area contributed by atoms with Gasteiger partial charge < -0.3 is 16.3 Å². The van der Waals surface area contributed by atoms with Crippen molar-refractivity contribution in [1.29, 1.82) is 0 Å². The fourth-order valence-corrected chi connectivity index (χ4v) is 1.80. The number of carbonyl (C=O) groups excluding carboxylic acids is 1. The van der Waals surface area contributed by atoms with Gasteiger partial charge in [0.15, 0.2) is 5.84 Å². The Morgan fingerprint density at radius 1 is 1.29 bits per heavy atom. The van der Waals surface area contributed by atoms with Gasteiger partial charge in [-0.15, -0.1) is 0 Å². The molecule has 100 valence electrons. The molecule has 0 aliphatic rings. The van der Waals surface area contributed by atoms with Crippen molar-refractivity contribution in [2.75, 3.05) is 0 Å². The molecular weight excluding hydrogens is 218 g/mol. The quantitative estimate of drug-likeness (QED) is 0.263. The van der Waals surface area contributed by atoms with Gasteiger partial charge in [0.05, 0.1) is 5.92 Å². The van der Waals surface area contributed by atoms with Gasteiger partial charge in [-0.25, -0.2) is 0 Å². The first-order chi connectivity index (χ1) is 8.10. The van der Waals surface area contributed by atoms with E-state index >= 15 is 0 Å². The number of carbonyl (C=O) groups is 1. The molecule has 0 saturated carbocycles. The minimum absolute atomic E-state index is 0.00398. The van der Waals surface area contributed by atoms with Crippen LogP contribution in [0.1, 0.15) is 52.9 Å². The monoisotopic (exact) mass is 243 g/mol. The lowest BCUT2D eigenvalue weighted by Crippen LogP contribution is -2.43. The molecule has 0 aromatic heterocycles. The van der Waals surface area contributed by atoms with Crippen molar-refractivity contribution in [1.82, 2.24) is 5.32 Å². The summed E-state index contributed by atoms with van der Waals surface area (Å²) >= 11 is 0. The van der Waals surface area contributed by atoms with Gasteiger partial charge in [-0.05, 0) is 19.3 Å². The molecule has 1 amide bonds. The van der Waals surface area contributed by atoms with Gasteiger partial charge >= 0.3 is 0 Å². The standard InChI is InChI=1S/C12H25N3O2/c1-4-7-9(6-3)14-12(16)10(8-5-2)11(13)15-17/h9-10,17H,4-8H2,1-3H3,(H2,13,15)(H,14,16). The summed E-state index contributed by atoms with van der Waals surface area (Å²) in [5, 5.41) is 14.6. The molecule has 0 aliphatic carbocycles. The lowest BCUT2D eigenvalue weighted by molar-refractivity contribution is -0.124. The first-order valence-corrected chi connectivity index (χ1v) is 6.38. The fourth-order valence-electron chi connectivity index (χ4n) is 1.80. The third-order valence-corrected chi connectivity index (χ3v) is 2.84. The molecule has 0 rings (SSSR count). The molecule has 5 nitrogen and oxygen atoms in total. The maximum atomic E-state index is 12.0. The second-order valence-corrected chi connectivity index (χ2v) is 4.27. The van der Waals surface area contributed by atoms with Crippen molar-refractivity contribution in [2.24, 2.45) is 16.8 Å². The van der Waals surface area contributed by atoms with Crippen LogP contribution in [0.5, 0.6) is 0 Å². The second-order valence-electron chi connectivity index (χ2n) is 4.27. The average Bonchev–Trinajstić information content (AvgIpc) is 2.34. The SMILES string of the molecule is CCCC(CC)NC(=O)C(CCC)C(N)=NO. The van der Waals surface area contributed by atoms with Crippen LogP contribution >= 0.6 is 0 Å². The van der Waals surface area contributed by atoms with E-state index in [-0.39, 0.29) is 17.8 Å². The van der Waals surface area contributed by atoms with Crippen molar-refractivity contribution in [2.45, 2.75) is 58.9 Å². The summed E-state index contributed by atoms with van der Waals surface area (Å²) in [4.78, 5) is 12.0. The summed E-state index contributed by atoms with van der Waals surface area (Å²) in [7, 11) is 0. The highest BCUT2D eigenvalue weighted by molar-refractivity contribution is 6.02. The largest absolute Gasteiger partial charge is 0.409 e. The summed E-state index contributed by atoms with van der Waals surface area (Å²) in [6.07, 6.45) is 4.30. The van der Waals surface area contributed by atoms with E-state index in [0.29, 0.717) is 6.42 Å². The zero-order valence-electron chi connectivity index (χ0n) is 11.1. The van der Waals surface area contributed by atoms with E-state index in [0.717, 1.165) is 25.7 Å². The van der Waals surface area contributed by atoms with E-state index in [2.05, 4.69) is 17.4 Å². The molecule has 0 bridgehead atoms. The molecule has 0 aromatic rings. The second kappa shape index (κ2) is 8.84. The molecule has 0 aliphatic heterocycles. The lowest BCUT2D eigenvalue weighted by Gasteiger charge is -2.20. The van der Waals surface area contributed by atoms with Crippen LogP contribution in [0.3, 0.4) is 0 Å². The maximum Gasteiger partial charge on any atom is 0.231 e. The van der Waals surface area contributed by atoms with Gasteiger partial charge in [-0.2, -0.15) is 0 Å². The van der Waals surface area contributed by atoms with Gasteiger partial charge in [0, 0.05) is 6.04 Å². The number of oxime groups is 1. The van der Waals surface area contributed by atoms with Crippen LogP contribution in [0.2, 0.25) is 0 Å². The summed E-state index contributed by atoms with van der Waals surface area (Å²) in [5.74, 6) is -0.658. The third-order valence-electron chi connectivity index (χ3n) is 2.84. The summed E-state index contributed by atoms with van der Waals surface area (Å²) in [6.45, 7) is 6.09. The van der Waals surface area contributed by atoms with Crippen molar-refractivity contribution < 1.29 is 10.0 Å². The summed E-state index contributed by atoms with van der Waals surface area (Å²) < 4.78 is 0. The van der Waals surface area contributed by atoms with Crippen molar-refractivity contribution >= 4 is 11.7 Å². The Hall–Kier alpha value is -1.26. The van der Waals surface area contributed by atoms with Gasteiger partial charge in [0.25, 0.3) is 0 Å². The number of hydrogen-bond acceptors (Lipinski definition) is 3. The van der Waals surface area contributed by atoms with Gasteiger partial charge in [0.2, 0.25) is 5.91 Å². The molecule has 2 unspecified atom stereocenters. The molecule has 17 heavy (non-hydrogen) atoms. The van der Waals surface area contributed by atoms with Gasteiger partial charge in [-0.3, -0.25) is 4.79 Å². The van der Waals surface area contributed by atoms with Crippen LogP contribution in [0, 0.1) is 5.92 Å². The van der Waals surface area contributed by atoms with Crippen LogP contribution in [-0.2, 0) is 4.79 Å². The first-order valence-electron chi connectivity index (χ1n) is 6.38. The zero-order valence-corrected chi connectivity index (χ0v) is 11.1. The minimum Gasteiger partial charge on any atom is -0.409 e. The Bertz CT molecular complexity index is 254. The van der Waals surface area contributed by atoms with Crippen LogP contribution in [-0.4, -0.2) is 23.0 Å². The highest BCUT2D eigenvalue weighted by atomic mass is 16.4. The molecule has 2 atom stereocenters. The molecule has 0 aromatic carbocycles. The van der Waals surface area contributed by atoms with Crippen LogP contribution in [0.4, 0.5) is 0 Å². The predicted octanol–water partition coefficient (Wildman–Crippen LogP) is 1.84. The Labute approximate surface area is 103 Å². The topological polar surface area (TPSA) is 87.7 Å². The van der Waals surface area contributed by atoms with Gasteiger partial charge in [-0.1, -0.05) is 38.8 Å². The van der Waals surface area contributed by atoms with E-state index in [1.54, 1.807) is 0 Å². The smallest absolute Gasteiger partial charge is 0.231 e. The number of hydrogen-bond donors (Lipinski definition) is 3. The summed E-state index contributed by atoms with van der Waals surface area (Å²) in [5.41, 5.74) is 5.53. The number of amidine groups is 1. The predicted molar refractivity (Wildman–Crippen MR) is 68.9 cm³/mol. The van der Waals surface area contributed by atoms with E-state index in [1.165, 1.54) is 0 Å². The third kappa shape index (κ3) is 5.56. The van der Waals surface area contributed by atoms with Crippen LogP contribution in [0.15, 0.2) is 5.16 Å². The highest BCUT2D eigenvalue weighted by Gasteiger charge is 2.23. The van der Waals surface area contributed by atoms with Gasteiger partial charge in [0.1, 0.15) is 0 Å². The number of nitrogens with two attached hydrogens (primary N) is 1. The van der Waals surface area contributed by atoms with Crippen LogP contribution in [0.25, 0.3) is 0 Å². The zero-order chi connectivity index (χ0) is 13.3. The lowest BCUT2D eigenvalue weighted by atomic mass is 10.00. The molecule has 0 heterocycles. The van der Waals surface area contributed by atoms with Crippen LogP contribution < -0.4 is 11.1 Å². The number of nitrogens with one attached hydrogen (secondary N) is 1. The molecule has 0 spiro atoms. The molecule has 5 heteroatoms. The Kier molecular flexibility index (Phi) is 8.19. The number of rotatable bonds is 8. The Balaban J connectivity index is 4.50. The summed E-state index contributed by atoms with van der Waals surface area (Å²) in [6, 6.07) is 0.179. The normalized spacial score (nSPS) is 15.4. The van der Waals surface area contributed by atoms with E-state index in [4.69, 9.17) is 10.9 Å². The first kappa shape index (κ1) is 15.7. The van der Waals surface area contributed by atoms with Crippen molar-refractivity contribution in [3.05, 3.63) is 0 Å². The van der Waals surface area contributed by atoms with Crippen molar-refractivity contribution in [3.8, 4) is 0 Å². The fraction of sp³-hybridized carbons (Fsp3) is 0.833. The highest BCUT2D eigenvalue weighted by Crippen LogP contribution is 2.09. The van der Waals surface area contributed by atoms with Crippen molar-refractivity contribution in [3.63, 3.8) is 0 Å². The molecule has 0 fully saturated rings. The molecule has 0 saturated heterocycles. The minimum atomic E-state index is -0.518. The molecule has 0 radical (unpaired) electrons. The molecule has 4 N–H and O–H groups in total.